The number of halogens is 1. The number of amides is 1. The molecule has 0 aliphatic carbocycles. The Kier molecular flexibility index (Phi) is 9.98. The molecule has 6 nitrogen and oxygen atoms in total. The highest BCUT2D eigenvalue weighted by Crippen LogP contribution is 2.36. The van der Waals surface area contributed by atoms with Crippen LogP contribution in [0.1, 0.15) is 39.7 Å². The maximum Gasteiger partial charge on any atom is 0.258 e. The summed E-state index contributed by atoms with van der Waals surface area (Å²) >= 11 is 3.56. The quantitative estimate of drug-likeness (QED) is 0.527. The van der Waals surface area contributed by atoms with E-state index in [1.54, 1.807) is 7.11 Å². The van der Waals surface area contributed by atoms with Crippen molar-refractivity contribution in [1.82, 2.24) is 10.6 Å². The van der Waals surface area contributed by atoms with E-state index in [2.05, 4.69) is 26.6 Å². The third kappa shape index (κ3) is 8.38. The number of carbonyl (C=O) groups excluding carboxylic acids is 1. The van der Waals surface area contributed by atoms with Crippen molar-refractivity contribution in [3.63, 3.8) is 0 Å². The van der Waals surface area contributed by atoms with Crippen molar-refractivity contribution in [3.8, 4) is 11.5 Å². The van der Waals surface area contributed by atoms with Crippen LogP contribution >= 0.6 is 15.9 Å². The minimum absolute atomic E-state index is 0.0680. The summed E-state index contributed by atoms with van der Waals surface area (Å²) in [5.74, 6) is 1.00. The predicted octanol–water partition coefficient (Wildman–Crippen LogP) is 3.27. The maximum absolute atomic E-state index is 12.1. The molecular weight excluding hydrogens is 400 g/mol. The van der Waals surface area contributed by atoms with Crippen molar-refractivity contribution in [2.24, 2.45) is 0 Å². The lowest BCUT2D eigenvalue weighted by molar-refractivity contribution is -0.124. The molecule has 26 heavy (non-hydrogen) atoms. The van der Waals surface area contributed by atoms with E-state index in [0.29, 0.717) is 18.0 Å². The Morgan fingerprint density at radius 3 is 2.62 bits per heavy atom. The lowest BCUT2D eigenvalue weighted by Crippen LogP contribution is -2.43. The van der Waals surface area contributed by atoms with Crippen LogP contribution in [-0.2, 0) is 16.1 Å². The molecule has 0 saturated carbocycles. The van der Waals surface area contributed by atoms with Crippen LogP contribution in [0.2, 0.25) is 0 Å². The van der Waals surface area contributed by atoms with Crippen LogP contribution in [0.15, 0.2) is 16.6 Å². The molecule has 0 aromatic heterocycles. The Bertz CT molecular complexity index is 573. The molecule has 0 radical (unpaired) electrons. The Balaban J connectivity index is 2.75. The highest BCUT2D eigenvalue weighted by Gasteiger charge is 2.18. The van der Waals surface area contributed by atoms with Crippen LogP contribution in [0, 0.1) is 0 Å². The van der Waals surface area contributed by atoms with E-state index in [1.807, 2.05) is 39.8 Å². The monoisotopic (exact) mass is 430 g/mol. The molecule has 0 fully saturated rings. The number of ether oxygens (including phenoxy) is 3. The third-order valence-electron chi connectivity index (χ3n) is 3.40. The van der Waals surface area contributed by atoms with Gasteiger partial charge in [-0.3, -0.25) is 4.79 Å². The average molecular weight is 431 g/mol. The van der Waals surface area contributed by atoms with Gasteiger partial charge < -0.3 is 24.8 Å². The smallest absolute Gasteiger partial charge is 0.258 e. The molecule has 0 unspecified atom stereocenters. The molecular formula is C19H31BrN2O4. The van der Waals surface area contributed by atoms with Gasteiger partial charge in [0.05, 0.1) is 7.11 Å². The first-order valence-electron chi connectivity index (χ1n) is 8.86. The van der Waals surface area contributed by atoms with Gasteiger partial charge in [-0.2, -0.15) is 0 Å². The number of methoxy groups -OCH3 is 1. The molecule has 1 aromatic carbocycles. The van der Waals surface area contributed by atoms with Crippen molar-refractivity contribution in [2.75, 3.05) is 33.5 Å². The lowest BCUT2D eigenvalue weighted by atomic mass is 10.1. The second kappa shape index (κ2) is 11.4. The summed E-state index contributed by atoms with van der Waals surface area (Å²) in [5, 5.41) is 6.26. The summed E-state index contributed by atoms with van der Waals surface area (Å²) in [5.41, 5.74) is 0.622. The summed E-state index contributed by atoms with van der Waals surface area (Å²) in [6.45, 7) is 10.6. The number of rotatable bonds is 11. The second-order valence-corrected chi connectivity index (χ2v) is 7.73. The molecule has 1 amide bonds. The van der Waals surface area contributed by atoms with Crippen LogP contribution in [0.25, 0.3) is 0 Å². The Hall–Kier alpha value is -1.31. The second-order valence-electron chi connectivity index (χ2n) is 6.87. The van der Waals surface area contributed by atoms with Crippen molar-refractivity contribution in [2.45, 2.75) is 46.2 Å². The van der Waals surface area contributed by atoms with Gasteiger partial charge in [0.15, 0.2) is 18.1 Å². The first kappa shape index (κ1) is 22.7. The zero-order valence-electron chi connectivity index (χ0n) is 16.4. The molecule has 0 aliphatic heterocycles. The zero-order chi connectivity index (χ0) is 19.6. The third-order valence-corrected chi connectivity index (χ3v) is 4.14. The first-order valence-corrected chi connectivity index (χ1v) is 9.65. The SMILES string of the molecule is CCOCCCNCc1c(Br)ccc(OC)c1OCC(=O)NC(C)(C)C. The van der Waals surface area contributed by atoms with Gasteiger partial charge in [-0.05, 0) is 52.8 Å². The number of nitrogens with one attached hydrogen (secondary N) is 2. The standard InChI is InChI=1S/C19H31BrN2O4/c1-6-25-11-7-10-21-12-14-15(20)8-9-16(24-5)18(14)26-13-17(23)22-19(2,3)4/h8-9,21H,6-7,10-13H2,1-5H3,(H,22,23). The summed E-state index contributed by atoms with van der Waals surface area (Å²) < 4.78 is 17.5. The fourth-order valence-electron chi connectivity index (χ4n) is 2.32. The minimum atomic E-state index is -0.299. The van der Waals surface area contributed by atoms with E-state index in [1.165, 1.54) is 0 Å². The number of benzene rings is 1. The van der Waals surface area contributed by atoms with Crippen LogP contribution in [-0.4, -0.2) is 44.9 Å². The van der Waals surface area contributed by atoms with Gasteiger partial charge in [-0.1, -0.05) is 15.9 Å². The molecule has 0 atom stereocenters. The van der Waals surface area contributed by atoms with Crippen LogP contribution in [0.3, 0.4) is 0 Å². The van der Waals surface area contributed by atoms with Gasteiger partial charge in [-0.15, -0.1) is 0 Å². The zero-order valence-corrected chi connectivity index (χ0v) is 18.0. The summed E-state index contributed by atoms with van der Waals surface area (Å²) in [6, 6.07) is 3.73. The number of hydrogen-bond acceptors (Lipinski definition) is 5. The van der Waals surface area contributed by atoms with Crippen molar-refractivity contribution >= 4 is 21.8 Å². The molecule has 7 heteroatoms. The molecule has 0 bridgehead atoms. The molecule has 0 spiro atoms. The first-order chi connectivity index (χ1) is 12.3. The Labute approximate surface area is 165 Å². The fraction of sp³-hybridized carbons (Fsp3) is 0.632. The van der Waals surface area contributed by atoms with Gasteiger partial charge in [0.25, 0.3) is 5.91 Å². The molecule has 148 valence electrons. The van der Waals surface area contributed by atoms with Gasteiger partial charge in [0.1, 0.15) is 0 Å². The molecule has 2 N–H and O–H groups in total. The van der Waals surface area contributed by atoms with Gasteiger partial charge in [0, 0.05) is 35.3 Å². The van der Waals surface area contributed by atoms with Crippen LogP contribution < -0.4 is 20.1 Å². The van der Waals surface area contributed by atoms with Gasteiger partial charge in [0.2, 0.25) is 0 Å². The Morgan fingerprint density at radius 1 is 1.27 bits per heavy atom. The number of carbonyl (C=O) groups is 1. The van der Waals surface area contributed by atoms with E-state index in [0.717, 1.165) is 36.2 Å². The summed E-state index contributed by atoms with van der Waals surface area (Å²) in [6.07, 6.45) is 0.930. The summed E-state index contributed by atoms with van der Waals surface area (Å²) in [4.78, 5) is 12.1. The van der Waals surface area contributed by atoms with E-state index in [4.69, 9.17) is 14.2 Å². The predicted molar refractivity (Wildman–Crippen MR) is 107 cm³/mol. The fourth-order valence-corrected chi connectivity index (χ4v) is 2.77. The molecule has 0 saturated heterocycles. The topological polar surface area (TPSA) is 68.8 Å². The van der Waals surface area contributed by atoms with Crippen molar-refractivity contribution < 1.29 is 19.0 Å². The molecule has 1 aromatic rings. The minimum Gasteiger partial charge on any atom is -0.493 e. The van der Waals surface area contributed by atoms with E-state index in [-0.39, 0.29) is 18.1 Å². The normalized spacial score (nSPS) is 11.3. The van der Waals surface area contributed by atoms with E-state index in [9.17, 15) is 4.79 Å². The van der Waals surface area contributed by atoms with Crippen LogP contribution in [0.5, 0.6) is 11.5 Å². The van der Waals surface area contributed by atoms with Crippen molar-refractivity contribution in [1.29, 1.82) is 0 Å². The van der Waals surface area contributed by atoms with Crippen molar-refractivity contribution in [3.05, 3.63) is 22.2 Å². The highest BCUT2D eigenvalue weighted by molar-refractivity contribution is 9.10. The summed E-state index contributed by atoms with van der Waals surface area (Å²) in [7, 11) is 1.59. The molecule has 0 heterocycles. The van der Waals surface area contributed by atoms with E-state index >= 15 is 0 Å². The van der Waals surface area contributed by atoms with Crippen LogP contribution in [0.4, 0.5) is 0 Å². The Morgan fingerprint density at radius 2 is 2.00 bits per heavy atom. The number of hydrogen-bond donors (Lipinski definition) is 2. The van der Waals surface area contributed by atoms with Gasteiger partial charge in [-0.25, -0.2) is 0 Å². The largest absolute Gasteiger partial charge is 0.493 e. The molecule has 1 rings (SSSR count). The highest BCUT2D eigenvalue weighted by atomic mass is 79.9. The average Bonchev–Trinajstić information content (AvgIpc) is 2.56. The van der Waals surface area contributed by atoms with Gasteiger partial charge >= 0.3 is 0 Å². The maximum atomic E-state index is 12.1. The van der Waals surface area contributed by atoms with E-state index < -0.39 is 0 Å². The molecule has 0 aliphatic rings. The lowest BCUT2D eigenvalue weighted by Gasteiger charge is -2.21.